The Morgan fingerprint density at radius 2 is 1.88 bits per heavy atom. The Bertz CT molecular complexity index is 796. The second kappa shape index (κ2) is 7.59. The third-order valence-corrected chi connectivity index (χ3v) is 3.63. The molecule has 1 amide bonds. The summed E-state index contributed by atoms with van der Waals surface area (Å²) >= 11 is 0. The van der Waals surface area contributed by atoms with E-state index in [9.17, 15) is 14.4 Å². The van der Waals surface area contributed by atoms with E-state index >= 15 is 0 Å². The van der Waals surface area contributed by atoms with Crippen molar-refractivity contribution in [3.05, 3.63) is 69.1 Å². The van der Waals surface area contributed by atoms with Crippen molar-refractivity contribution in [3.63, 3.8) is 0 Å². The molecule has 2 N–H and O–H groups in total. The van der Waals surface area contributed by atoms with Gasteiger partial charge >= 0.3 is 5.97 Å². The molecule has 24 heavy (non-hydrogen) atoms. The average molecular weight is 328 g/mol. The van der Waals surface area contributed by atoms with Crippen molar-refractivity contribution in [1.82, 2.24) is 10.3 Å². The summed E-state index contributed by atoms with van der Waals surface area (Å²) in [6.07, 6.45) is 0. The van der Waals surface area contributed by atoms with Gasteiger partial charge in [-0.1, -0.05) is 30.3 Å². The summed E-state index contributed by atoms with van der Waals surface area (Å²) in [5.74, 6) is -1.12. The minimum Gasteiger partial charge on any atom is -0.462 e. The van der Waals surface area contributed by atoms with Crippen molar-refractivity contribution in [2.24, 2.45) is 0 Å². The summed E-state index contributed by atoms with van der Waals surface area (Å²) in [6, 6.07) is 10.4. The highest BCUT2D eigenvalue weighted by molar-refractivity contribution is 5.98. The zero-order valence-electron chi connectivity index (χ0n) is 13.9. The van der Waals surface area contributed by atoms with Crippen LogP contribution in [0.2, 0.25) is 0 Å². The van der Waals surface area contributed by atoms with E-state index in [1.54, 1.807) is 13.8 Å². The van der Waals surface area contributed by atoms with Crippen LogP contribution in [-0.2, 0) is 4.74 Å². The van der Waals surface area contributed by atoms with E-state index in [1.807, 2.05) is 37.3 Å². The van der Waals surface area contributed by atoms with E-state index < -0.39 is 17.4 Å². The number of hydrogen-bond donors (Lipinski definition) is 2. The first-order chi connectivity index (χ1) is 11.4. The number of benzene rings is 1. The van der Waals surface area contributed by atoms with Gasteiger partial charge in [-0.25, -0.2) is 4.79 Å². The number of nitrogens with one attached hydrogen (secondary N) is 2. The Labute approximate surface area is 139 Å². The maximum atomic E-state index is 12.4. The quantitative estimate of drug-likeness (QED) is 0.825. The van der Waals surface area contributed by atoms with Gasteiger partial charge in [0.15, 0.2) is 0 Å². The average Bonchev–Trinajstić information content (AvgIpc) is 2.55. The minimum atomic E-state index is -0.573. The number of ether oxygens (including phenoxy) is 1. The molecule has 1 aromatic carbocycles. The molecule has 126 valence electrons. The Morgan fingerprint density at radius 1 is 1.21 bits per heavy atom. The molecule has 1 heterocycles. The molecule has 0 saturated heterocycles. The number of aromatic nitrogens is 1. The fraction of sp³-hybridized carbons (Fsp3) is 0.278. The number of H-pyrrole nitrogens is 1. The molecular weight excluding hydrogens is 308 g/mol. The molecule has 6 nitrogen and oxygen atoms in total. The monoisotopic (exact) mass is 328 g/mol. The number of hydrogen-bond acceptors (Lipinski definition) is 4. The number of amides is 1. The highest BCUT2D eigenvalue weighted by atomic mass is 16.5. The summed E-state index contributed by atoms with van der Waals surface area (Å²) in [6.45, 7) is 5.31. The van der Waals surface area contributed by atoms with Crippen molar-refractivity contribution in [3.8, 4) is 0 Å². The van der Waals surface area contributed by atoms with E-state index in [0.717, 1.165) is 5.56 Å². The summed E-state index contributed by atoms with van der Waals surface area (Å²) in [5, 5.41) is 2.76. The summed E-state index contributed by atoms with van der Waals surface area (Å²) in [5.41, 5.74) is 0.796. The SMILES string of the molecule is CCOC(=O)c1cc(C(=O)N[C@H](C)c2ccccc2)c(=O)[nH]c1C. The van der Waals surface area contributed by atoms with Crippen LogP contribution in [0.1, 0.15) is 51.9 Å². The molecule has 0 fully saturated rings. The summed E-state index contributed by atoms with van der Waals surface area (Å²) < 4.78 is 4.94. The first kappa shape index (κ1) is 17.5. The van der Waals surface area contributed by atoms with Gasteiger partial charge in [-0.05, 0) is 32.4 Å². The molecule has 0 saturated carbocycles. The van der Waals surface area contributed by atoms with Crippen LogP contribution < -0.4 is 10.9 Å². The van der Waals surface area contributed by atoms with Crippen LogP contribution >= 0.6 is 0 Å². The molecule has 0 bridgehead atoms. The van der Waals surface area contributed by atoms with Crippen LogP contribution in [0.3, 0.4) is 0 Å². The van der Waals surface area contributed by atoms with Crippen molar-refractivity contribution in [2.45, 2.75) is 26.8 Å². The number of aryl methyl sites for hydroxylation is 1. The Morgan fingerprint density at radius 3 is 2.50 bits per heavy atom. The molecular formula is C18H20N2O4. The van der Waals surface area contributed by atoms with Gasteiger partial charge in [0, 0.05) is 5.69 Å². The standard InChI is InChI=1S/C18H20N2O4/c1-4-24-18(23)14-10-15(17(22)20-12(14)3)16(21)19-11(2)13-8-6-5-7-9-13/h5-11H,4H2,1-3H3,(H,19,21)(H,20,22)/t11-/m1/s1. The van der Waals surface area contributed by atoms with Crippen LogP contribution in [0, 0.1) is 6.92 Å². The molecule has 6 heteroatoms. The third kappa shape index (κ3) is 3.90. The van der Waals surface area contributed by atoms with E-state index in [2.05, 4.69) is 10.3 Å². The van der Waals surface area contributed by atoms with Gasteiger partial charge in [-0.2, -0.15) is 0 Å². The normalized spacial score (nSPS) is 11.6. The van der Waals surface area contributed by atoms with Gasteiger partial charge in [-0.3, -0.25) is 9.59 Å². The van der Waals surface area contributed by atoms with Gasteiger partial charge in [0.25, 0.3) is 11.5 Å². The maximum absolute atomic E-state index is 12.4. The van der Waals surface area contributed by atoms with Crippen molar-refractivity contribution >= 4 is 11.9 Å². The third-order valence-electron chi connectivity index (χ3n) is 3.63. The smallest absolute Gasteiger partial charge is 0.339 e. The first-order valence-electron chi connectivity index (χ1n) is 7.71. The van der Waals surface area contributed by atoms with Crippen LogP contribution in [0.25, 0.3) is 0 Å². The van der Waals surface area contributed by atoms with Crippen LogP contribution in [0.4, 0.5) is 0 Å². The first-order valence-corrected chi connectivity index (χ1v) is 7.71. The van der Waals surface area contributed by atoms with E-state index in [1.165, 1.54) is 6.07 Å². The molecule has 1 aromatic heterocycles. The van der Waals surface area contributed by atoms with Crippen LogP contribution in [-0.4, -0.2) is 23.5 Å². The number of esters is 1. The van der Waals surface area contributed by atoms with E-state index in [4.69, 9.17) is 4.74 Å². The van der Waals surface area contributed by atoms with E-state index in [0.29, 0.717) is 5.69 Å². The van der Waals surface area contributed by atoms with Gasteiger partial charge in [0.2, 0.25) is 0 Å². The summed E-state index contributed by atoms with van der Waals surface area (Å²) in [7, 11) is 0. The zero-order chi connectivity index (χ0) is 17.7. The fourth-order valence-electron chi connectivity index (χ4n) is 2.31. The molecule has 0 aliphatic heterocycles. The predicted octanol–water partition coefficient (Wildman–Crippen LogP) is 2.35. The lowest BCUT2D eigenvalue weighted by Gasteiger charge is -2.14. The number of rotatable bonds is 5. The van der Waals surface area contributed by atoms with Crippen LogP contribution in [0.15, 0.2) is 41.2 Å². The highest BCUT2D eigenvalue weighted by Crippen LogP contribution is 2.13. The van der Waals surface area contributed by atoms with Gasteiger partial charge in [0.1, 0.15) is 5.56 Å². The number of pyridine rings is 1. The Balaban J connectivity index is 2.27. The largest absolute Gasteiger partial charge is 0.462 e. The predicted molar refractivity (Wildman–Crippen MR) is 90.1 cm³/mol. The number of carbonyl (C=O) groups excluding carboxylic acids is 2. The molecule has 2 rings (SSSR count). The van der Waals surface area contributed by atoms with Gasteiger partial charge in [-0.15, -0.1) is 0 Å². The molecule has 0 aliphatic rings. The topological polar surface area (TPSA) is 88.3 Å². The molecule has 0 spiro atoms. The van der Waals surface area contributed by atoms with Crippen LogP contribution in [0.5, 0.6) is 0 Å². The van der Waals surface area contributed by atoms with E-state index in [-0.39, 0.29) is 23.8 Å². The van der Waals surface area contributed by atoms with Crippen molar-refractivity contribution in [2.75, 3.05) is 6.61 Å². The maximum Gasteiger partial charge on any atom is 0.339 e. The lowest BCUT2D eigenvalue weighted by molar-refractivity contribution is 0.0525. The molecule has 0 aliphatic carbocycles. The minimum absolute atomic E-state index is 0.119. The Hall–Kier alpha value is -2.89. The second-order valence-electron chi connectivity index (χ2n) is 5.38. The summed E-state index contributed by atoms with van der Waals surface area (Å²) in [4.78, 5) is 38.9. The molecule has 0 radical (unpaired) electrons. The lowest BCUT2D eigenvalue weighted by atomic mass is 10.1. The molecule has 2 aromatic rings. The number of aromatic amines is 1. The fourth-order valence-corrected chi connectivity index (χ4v) is 2.31. The highest BCUT2D eigenvalue weighted by Gasteiger charge is 2.19. The molecule has 0 unspecified atom stereocenters. The lowest BCUT2D eigenvalue weighted by Crippen LogP contribution is -2.32. The van der Waals surface area contributed by atoms with Gasteiger partial charge in [0.05, 0.1) is 18.2 Å². The second-order valence-corrected chi connectivity index (χ2v) is 5.38. The Kier molecular flexibility index (Phi) is 5.52. The van der Waals surface area contributed by atoms with Crippen molar-refractivity contribution in [1.29, 1.82) is 0 Å². The van der Waals surface area contributed by atoms with Gasteiger partial charge < -0.3 is 15.0 Å². The zero-order valence-corrected chi connectivity index (χ0v) is 13.9. The molecule has 1 atom stereocenters. The van der Waals surface area contributed by atoms with Crippen molar-refractivity contribution < 1.29 is 14.3 Å². The number of carbonyl (C=O) groups is 2.